The molecule has 0 bridgehead atoms. The summed E-state index contributed by atoms with van der Waals surface area (Å²) in [6.45, 7) is 1.89. The molecule has 98 valence electrons. The molecule has 0 radical (unpaired) electrons. The predicted octanol–water partition coefficient (Wildman–Crippen LogP) is 3.73. The molecule has 1 amide bonds. The molecule has 0 spiro atoms. The average molecular weight is 323 g/mol. The molecule has 19 heavy (non-hydrogen) atoms. The normalized spacial score (nSPS) is 10.3. The zero-order chi connectivity index (χ0) is 14.0. The van der Waals surface area contributed by atoms with Crippen molar-refractivity contribution in [3.05, 3.63) is 57.8 Å². The zero-order valence-electron chi connectivity index (χ0n) is 10.2. The highest BCUT2D eigenvalue weighted by Crippen LogP contribution is 2.23. The minimum atomic E-state index is -0.451. The molecular formula is C14H12BrFN2O. The second-order valence-corrected chi connectivity index (χ2v) is 5.02. The van der Waals surface area contributed by atoms with Crippen molar-refractivity contribution in [1.29, 1.82) is 0 Å². The first-order valence-electron chi connectivity index (χ1n) is 5.60. The van der Waals surface area contributed by atoms with Gasteiger partial charge in [0.15, 0.2) is 0 Å². The summed E-state index contributed by atoms with van der Waals surface area (Å²) in [5.74, 6) is -0.791. The zero-order valence-corrected chi connectivity index (χ0v) is 11.8. The van der Waals surface area contributed by atoms with Gasteiger partial charge in [0, 0.05) is 4.47 Å². The minimum absolute atomic E-state index is 0.262. The Hall–Kier alpha value is -1.88. The lowest BCUT2D eigenvalue weighted by molar-refractivity contribution is 0.102. The van der Waals surface area contributed by atoms with Gasteiger partial charge in [-0.2, -0.15) is 0 Å². The van der Waals surface area contributed by atoms with Crippen LogP contribution in [0, 0.1) is 12.7 Å². The lowest BCUT2D eigenvalue weighted by Crippen LogP contribution is -2.14. The van der Waals surface area contributed by atoms with E-state index in [4.69, 9.17) is 5.73 Å². The molecule has 0 aliphatic heterocycles. The molecule has 0 heterocycles. The van der Waals surface area contributed by atoms with E-state index in [-0.39, 0.29) is 11.6 Å². The summed E-state index contributed by atoms with van der Waals surface area (Å²) in [6, 6.07) is 9.27. The van der Waals surface area contributed by atoms with Crippen LogP contribution in [0.25, 0.3) is 0 Å². The number of carbonyl (C=O) groups is 1. The monoisotopic (exact) mass is 322 g/mol. The summed E-state index contributed by atoms with van der Waals surface area (Å²) >= 11 is 3.31. The van der Waals surface area contributed by atoms with Crippen molar-refractivity contribution in [3.63, 3.8) is 0 Å². The largest absolute Gasteiger partial charge is 0.397 e. The van der Waals surface area contributed by atoms with Crippen LogP contribution in [0.15, 0.2) is 40.9 Å². The highest BCUT2D eigenvalue weighted by molar-refractivity contribution is 9.10. The van der Waals surface area contributed by atoms with E-state index in [9.17, 15) is 9.18 Å². The third-order valence-electron chi connectivity index (χ3n) is 2.63. The van der Waals surface area contributed by atoms with Crippen molar-refractivity contribution >= 4 is 33.2 Å². The Morgan fingerprint density at radius 1 is 1.26 bits per heavy atom. The van der Waals surface area contributed by atoms with Gasteiger partial charge in [0.25, 0.3) is 5.91 Å². The molecule has 2 aromatic rings. The molecule has 0 fully saturated rings. The van der Waals surface area contributed by atoms with E-state index < -0.39 is 5.82 Å². The molecule has 2 rings (SSSR count). The maximum Gasteiger partial charge on any atom is 0.256 e. The van der Waals surface area contributed by atoms with Crippen LogP contribution < -0.4 is 11.1 Å². The molecule has 3 N–H and O–H groups in total. The lowest BCUT2D eigenvalue weighted by Gasteiger charge is -2.10. The maximum absolute atomic E-state index is 13.1. The summed E-state index contributed by atoms with van der Waals surface area (Å²) in [5, 5.41) is 2.60. The summed E-state index contributed by atoms with van der Waals surface area (Å²) in [4.78, 5) is 12.1. The van der Waals surface area contributed by atoms with Crippen molar-refractivity contribution in [2.45, 2.75) is 6.92 Å². The first kappa shape index (κ1) is 13.5. The number of benzene rings is 2. The number of nitrogens with one attached hydrogen (secondary N) is 1. The van der Waals surface area contributed by atoms with Crippen molar-refractivity contribution < 1.29 is 9.18 Å². The van der Waals surface area contributed by atoms with Gasteiger partial charge in [0.05, 0.1) is 16.9 Å². The Kier molecular flexibility index (Phi) is 3.85. The Morgan fingerprint density at radius 2 is 2.00 bits per heavy atom. The molecule has 0 aliphatic rings. The van der Waals surface area contributed by atoms with E-state index in [0.29, 0.717) is 15.7 Å². The van der Waals surface area contributed by atoms with Crippen LogP contribution in [0.5, 0.6) is 0 Å². The van der Waals surface area contributed by atoms with E-state index in [0.717, 1.165) is 5.56 Å². The quantitative estimate of drug-likeness (QED) is 0.828. The van der Waals surface area contributed by atoms with Gasteiger partial charge in [-0.25, -0.2) is 4.39 Å². The summed E-state index contributed by atoms with van der Waals surface area (Å²) in [7, 11) is 0. The number of hydrogen-bond acceptors (Lipinski definition) is 2. The standard InChI is InChI=1S/C14H12BrFN2O/c1-8-2-4-11(15)10(6-8)14(19)18-13-7-9(16)3-5-12(13)17/h2-7H,17H2,1H3,(H,18,19). The third kappa shape index (κ3) is 3.12. The van der Waals surface area contributed by atoms with Crippen LogP contribution in [0.2, 0.25) is 0 Å². The van der Waals surface area contributed by atoms with Crippen molar-refractivity contribution in [2.24, 2.45) is 0 Å². The number of nitrogen functional groups attached to an aromatic ring is 1. The van der Waals surface area contributed by atoms with Crippen LogP contribution in [0.1, 0.15) is 15.9 Å². The number of carbonyl (C=O) groups excluding carboxylic acids is 1. The average Bonchev–Trinajstić information content (AvgIpc) is 2.36. The summed E-state index contributed by atoms with van der Waals surface area (Å²) in [5.41, 5.74) is 7.71. The number of amides is 1. The molecule has 0 saturated heterocycles. The van der Waals surface area contributed by atoms with Crippen molar-refractivity contribution in [2.75, 3.05) is 11.1 Å². The van der Waals surface area contributed by atoms with Gasteiger partial charge in [0.1, 0.15) is 5.82 Å². The summed E-state index contributed by atoms with van der Waals surface area (Å²) < 4.78 is 13.8. The van der Waals surface area contributed by atoms with E-state index in [2.05, 4.69) is 21.2 Å². The number of nitrogens with two attached hydrogens (primary N) is 1. The van der Waals surface area contributed by atoms with Crippen molar-refractivity contribution in [3.8, 4) is 0 Å². The molecular weight excluding hydrogens is 311 g/mol. The number of hydrogen-bond donors (Lipinski definition) is 2. The van der Waals surface area contributed by atoms with Gasteiger partial charge in [-0.3, -0.25) is 4.79 Å². The highest BCUT2D eigenvalue weighted by atomic mass is 79.9. The van der Waals surface area contributed by atoms with Crippen molar-refractivity contribution in [1.82, 2.24) is 0 Å². The van der Waals surface area contributed by atoms with E-state index >= 15 is 0 Å². The first-order valence-corrected chi connectivity index (χ1v) is 6.39. The number of rotatable bonds is 2. The van der Waals surface area contributed by atoms with E-state index in [1.165, 1.54) is 18.2 Å². The fourth-order valence-corrected chi connectivity index (χ4v) is 2.07. The van der Waals surface area contributed by atoms with Gasteiger partial charge < -0.3 is 11.1 Å². The second kappa shape index (κ2) is 5.40. The first-order chi connectivity index (χ1) is 8.97. The molecule has 0 aromatic heterocycles. The van der Waals surface area contributed by atoms with Crippen LogP contribution in [0.4, 0.5) is 15.8 Å². The van der Waals surface area contributed by atoms with Crippen LogP contribution >= 0.6 is 15.9 Å². The Balaban J connectivity index is 2.30. The van der Waals surface area contributed by atoms with E-state index in [1.54, 1.807) is 12.1 Å². The molecule has 0 aliphatic carbocycles. The van der Waals surface area contributed by atoms with Gasteiger partial charge in [-0.1, -0.05) is 11.6 Å². The predicted molar refractivity (Wildman–Crippen MR) is 77.6 cm³/mol. The molecule has 0 unspecified atom stereocenters. The van der Waals surface area contributed by atoms with E-state index in [1.807, 2.05) is 13.0 Å². The minimum Gasteiger partial charge on any atom is -0.397 e. The topological polar surface area (TPSA) is 55.1 Å². The number of anilines is 2. The molecule has 2 aromatic carbocycles. The summed E-state index contributed by atoms with van der Waals surface area (Å²) in [6.07, 6.45) is 0. The second-order valence-electron chi connectivity index (χ2n) is 4.17. The molecule has 0 saturated carbocycles. The smallest absolute Gasteiger partial charge is 0.256 e. The van der Waals surface area contributed by atoms with Gasteiger partial charge in [-0.05, 0) is 53.2 Å². The molecule has 0 atom stereocenters. The Bertz CT molecular complexity index is 643. The van der Waals surface area contributed by atoms with Crippen LogP contribution in [-0.2, 0) is 0 Å². The fraction of sp³-hybridized carbons (Fsp3) is 0.0714. The Labute approximate surface area is 118 Å². The van der Waals surface area contributed by atoms with Gasteiger partial charge >= 0.3 is 0 Å². The third-order valence-corrected chi connectivity index (χ3v) is 3.32. The Morgan fingerprint density at radius 3 is 2.74 bits per heavy atom. The fourth-order valence-electron chi connectivity index (χ4n) is 1.64. The molecule has 3 nitrogen and oxygen atoms in total. The lowest BCUT2D eigenvalue weighted by atomic mass is 10.1. The van der Waals surface area contributed by atoms with Crippen LogP contribution in [0.3, 0.4) is 0 Å². The number of aryl methyl sites for hydroxylation is 1. The SMILES string of the molecule is Cc1ccc(Br)c(C(=O)Nc2cc(F)ccc2N)c1. The molecule has 5 heteroatoms. The highest BCUT2D eigenvalue weighted by Gasteiger charge is 2.12. The van der Waals surface area contributed by atoms with Gasteiger partial charge in [-0.15, -0.1) is 0 Å². The number of halogens is 2. The van der Waals surface area contributed by atoms with Gasteiger partial charge in [0.2, 0.25) is 0 Å². The maximum atomic E-state index is 13.1. The van der Waals surface area contributed by atoms with Crippen LogP contribution in [-0.4, -0.2) is 5.91 Å².